The quantitative estimate of drug-likeness (QED) is 0.404. The third kappa shape index (κ3) is 6.03. The standard InChI is InChI=1S/C28H26F7NO4/c1-15(17-6-19(27(30,31)32)8-20(7-17)28(33,34)35)40-26-25(16-2-4-21(29)5-3-16)24-11-36(10-18(24)12-39-26)22-9-23(37)14-38-13-22/h2-9,15,18,24-26H,10-14H2,1H3/t15-,18+,24?,25+,26-/m1/s1. The summed E-state index contributed by atoms with van der Waals surface area (Å²) in [5, 5.41) is 0. The van der Waals surface area contributed by atoms with Crippen molar-refractivity contribution in [1.82, 2.24) is 4.90 Å². The van der Waals surface area contributed by atoms with E-state index >= 15 is 0 Å². The minimum absolute atomic E-state index is 0.00487. The van der Waals surface area contributed by atoms with Gasteiger partial charge in [0.25, 0.3) is 0 Å². The summed E-state index contributed by atoms with van der Waals surface area (Å²) in [5.41, 5.74) is -1.80. The summed E-state index contributed by atoms with van der Waals surface area (Å²) in [4.78, 5) is 13.9. The van der Waals surface area contributed by atoms with Gasteiger partial charge in [-0.15, -0.1) is 0 Å². The first-order chi connectivity index (χ1) is 18.8. The molecule has 2 aromatic carbocycles. The Morgan fingerprint density at radius 1 is 0.950 bits per heavy atom. The number of hydrogen-bond acceptors (Lipinski definition) is 5. The second-order valence-electron chi connectivity index (χ2n) is 10.3. The lowest BCUT2D eigenvalue weighted by Gasteiger charge is -2.40. The maximum Gasteiger partial charge on any atom is 0.416 e. The largest absolute Gasteiger partial charge is 0.416 e. The van der Waals surface area contributed by atoms with Crippen molar-refractivity contribution in [3.8, 4) is 0 Å². The maximum absolute atomic E-state index is 13.8. The van der Waals surface area contributed by atoms with Crippen LogP contribution in [0.3, 0.4) is 0 Å². The van der Waals surface area contributed by atoms with Crippen LogP contribution in [0.5, 0.6) is 0 Å². The zero-order valence-corrected chi connectivity index (χ0v) is 21.3. The third-order valence-electron chi connectivity index (χ3n) is 7.62. The molecule has 3 aliphatic rings. The second kappa shape index (κ2) is 10.8. The first-order valence-electron chi connectivity index (χ1n) is 12.7. The number of ether oxygens (including phenoxy) is 3. The van der Waals surface area contributed by atoms with E-state index in [4.69, 9.17) is 14.2 Å². The number of fused-ring (bicyclic) bond motifs is 1. The van der Waals surface area contributed by atoms with Crippen LogP contribution in [0, 0.1) is 17.7 Å². The number of halogens is 7. The number of rotatable bonds is 5. The maximum atomic E-state index is 13.8. The van der Waals surface area contributed by atoms with Crippen molar-refractivity contribution >= 4 is 5.78 Å². The Labute approximate surface area is 225 Å². The van der Waals surface area contributed by atoms with E-state index in [9.17, 15) is 35.5 Å². The highest BCUT2D eigenvalue weighted by Crippen LogP contribution is 2.46. The van der Waals surface area contributed by atoms with Gasteiger partial charge in [-0.2, -0.15) is 26.3 Å². The zero-order chi connectivity index (χ0) is 28.8. The van der Waals surface area contributed by atoms with E-state index in [-0.39, 0.29) is 49.1 Å². The van der Waals surface area contributed by atoms with Gasteiger partial charge in [0, 0.05) is 36.7 Å². The van der Waals surface area contributed by atoms with E-state index in [0.29, 0.717) is 30.8 Å². The van der Waals surface area contributed by atoms with Gasteiger partial charge in [-0.05, 0) is 54.3 Å². The summed E-state index contributed by atoms with van der Waals surface area (Å²) in [6.45, 7) is 2.88. The van der Waals surface area contributed by atoms with Crippen molar-refractivity contribution in [1.29, 1.82) is 0 Å². The molecule has 216 valence electrons. The molecular weight excluding hydrogens is 547 g/mol. The lowest BCUT2D eigenvalue weighted by molar-refractivity contribution is -0.217. The molecule has 0 aromatic heterocycles. The first kappa shape index (κ1) is 28.6. The number of ketones is 1. The van der Waals surface area contributed by atoms with E-state index in [1.165, 1.54) is 25.1 Å². The molecular formula is C28H26F7NO4. The topological polar surface area (TPSA) is 48.0 Å². The number of carbonyl (C=O) groups excluding carboxylic acids is 1. The van der Waals surface area contributed by atoms with E-state index in [0.717, 1.165) is 5.70 Å². The number of hydrogen-bond donors (Lipinski definition) is 0. The number of carbonyl (C=O) groups is 1. The van der Waals surface area contributed by atoms with Gasteiger partial charge in [0.15, 0.2) is 12.1 Å². The summed E-state index contributed by atoms with van der Waals surface area (Å²) in [7, 11) is 0. The first-order valence-corrected chi connectivity index (χ1v) is 12.7. The molecule has 40 heavy (non-hydrogen) atoms. The summed E-state index contributed by atoms with van der Waals surface area (Å²) in [6, 6.07) is 7.02. The Hall–Kier alpha value is -2.96. The Morgan fingerprint density at radius 2 is 1.60 bits per heavy atom. The fourth-order valence-electron chi connectivity index (χ4n) is 5.65. The van der Waals surface area contributed by atoms with Crippen molar-refractivity contribution in [2.24, 2.45) is 11.8 Å². The highest BCUT2D eigenvalue weighted by Gasteiger charge is 2.48. The van der Waals surface area contributed by atoms with Crippen LogP contribution in [-0.2, 0) is 31.4 Å². The number of nitrogens with zero attached hydrogens (tertiary/aromatic N) is 1. The Kier molecular flexibility index (Phi) is 7.71. The zero-order valence-electron chi connectivity index (χ0n) is 21.3. The van der Waals surface area contributed by atoms with Crippen LogP contribution in [0.25, 0.3) is 0 Å². The molecule has 2 aromatic rings. The van der Waals surface area contributed by atoms with Gasteiger partial charge in [0.05, 0.1) is 30.4 Å². The van der Waals surface area contributed by atoms with Crippen molar-refractivity contribution in [3.63, 3.8) is 0 Å². The van der Waals surface area contributed by atoms with Crippen LogP contribution in [0.1, 0.15) is 41.2 Å². The molecule has 0 radical (unpaired) electrons. The molecule has 3 aliphatic heterocycles. The number of benzene rings is 2. The summed E-state index contributed by atoms with van der Waals surface area (Å²) >= 11 is 0. The Balaban J connectivity index is 1.45. The third-order valence-corrected chi connectivity index (χ3v) is 7.62. The van der Waals surface area contributed by atoms with E-state index in [1.807, 2.05) is 4.90 Å². The van der Waals surface area contributed by atoms with Gasteiger partial charge < -0.3 is 19.1 Å². The highest BCUT2D eigenvalue weighted by molar-refractivity contribution is 5.92. The monoisotopic (exact) mass is 573 g/mol. The average molecular weight is 574 g/mol. The fourth-order valence-corrected chi connectivity index (χ4v) is 5.65. The molecule has 0 bridgehead atoms. The molecule has 2 saturated heterocycles. The molecule has 5 atom stereocenters. The Morgan fingerprint density at radius 3 is 2.20 bits per heavy atom. The van der Waals surface area contributed by atoms with Gasteiger partial charge in [-0.3, -0.25) is 4.79 Å². The van der Waals surface area contributed by atoms with Gasteiger partial charge >= 0.3 is 12.4 Å². The lowest BCUT2D eigenvalue weighted by Crippen LogP contribution is -2.42. The summed E-state index contributed by atoms with van der Waals surface area (Å²) < 4.78 is 112. The molecule has 12 heteroatoms. The van der Waals surface area contributed by atoms with Crippen molar-refractivity contribution in [2.75, 3.05) is 32.9 Å². The lowest BCUT2D eigenvalue weighted by atomic mass is 9.77. The SMILES string of the molecule is C[C@@H](O[C@H]1OC[C@@H]2CN(C3=CC(=O)COC3)CC2[C@@H]1c1ccc(F)cc1)c1cc(C(F)(F)F)cc(C(F)(F)F)c1. The normalized spacial score (nSPS) is 26.4. The summed E-state index contributed by atoms with van der Waals surface area (Å²) in [6.07, 6.45) is -10.7. The molecule has 0 spiro atoms. The second-order valence-corrected chi connectivity index (χ2v) is 10.3. The molecule has 2 fully saturated rings. The molecule has 0 N–H and O–H groups in total. The smallest absolute Gasteiger partial charge is 0.372 e. The van der Waals surface area contributed by atoms with Crippen LogP contribution in [0.2, 0.25) is 0 Å². The number of likely N-dealkylation sites (tertiary alicyclic amines) is 1. The van der Waals surface area contributed by atoms with Crippen molar-refractivity contribution in [3.05, 3.63) is 82.3 Å². The molecule has 5 rings (SSSR count). The molecule has 5 nitrogen and oxygen atoms in total. The van der Waals surface area contributed by atoms with Crippen LogP contribution in [-0.4, -0.2) is 49.9 Å². The van der Waals surface area contributed by atoms with Crippen LogP contribution in [0.15, 0.2) is 54.2 Å². The number of alkyl halides is 6. The molecule has 0 saturated carbocycles. The Bertz CT molecular complexity index is 1240. The molecule has 0 amide bonds. The van der Waals surface area contributed by atoms with Crippen molar-refractivity contribution in [2.45, 2.75) is 37.6 Å². The predicted molar refractivity (Wildman–Crippen MR) is 127 cm³/mol. The van der Waals surface area contributed by atoms with E-state index in [1.54, 1.807) is 12.1 Å². The highest BCUT2D eigenvalue weighted by atomic mass is 19.4. The van der Waals surface area contributed by atoms with Gasteiger partial charge in [-0.1, -0.05) is 12.1 Å². The molecule has 0 aliphatic carbocycles. The van der Waals surface area contributed by atoms with Gasteiger partial charge in [-0.25, -0.2) is 4.39 Å². The van der Waals surface area contributed by atoms with E-state index < -0.39 is 47.6 Å². The minimum Gasteiger partial charge on any atom is -0.372 e. The minimum atomic E-state index is -4.99. The van der Waals surface area contributed by atoms with Gasteiger partial charge in [0.2, 0.25) is 0 Å². The fraction of sp³-hybridized carbons (Fsp3) is 0.464. The molecule has 1 unspecified atom stereocenters. The predicted octanol–water partition coefficient (Wildman–Crippen LogP) is 6.11. The van der Waals surface area contributed by atoms with E-state index in [2.05, 4.69) is 0 Å². The average Bonchev–Trinajstić information content (AvgIpc) is 3.32. The van der Waals surface area contributed by atoms with Crippen LogP contribution >= 0.6 is 0 Å². The van der Waals surface area contributed by atoms with Crippen LogP contribution < -0.4 is 0 Å². The van der Waals surface area contributed by atoms with Crippen LogP contribution in [0.4, 0.5) is 30.7 Å². The van der Waals surface area contributed by atoms with Gasteiger partial charge in [0.1, 0.15) is 12.4 Å². The summed E-state index contributed by atoms with van der Waals surface area (Å²) in [5.74, 6) is -1.28. The van der Waals surface area contributed by atoms with Crippen molar-refractivity contribution < 1.29 is 49.7 Å². The molecule has 3 heterocycles.